The largest absolute Gasteiger partial charge is 0.509 e. The molecule has 0 saturated heterocycles. The van der Waals surface area contributed by atoms with Gasteiger partial charge in [0.25, 0.3) is 0 Å². The van der Waals surface area contributed by atoms with Gasteiger partial charge in [-0.1, -0.05) is 25.1 Å². The minimum absolute atomic E-state index is 0.167. The zero-order valence-corrected chi connectivity index (χ0v) is 14.3. The fourth-order valence-corrected chi connectivity index (χ4v) is 3.20. The van der Waals surface area contributed by atoms with E-state index in [0.717, 1.165) is 28.7 Å². The molecule has 4 rings (SSSR count). The Morgan fingerprint density at radius 1 is 1.20 bits per heavy atom. The van der Waals surface area contributed by atoms with Crippen molar-refractivity contribution in [3.8, 4) is 0 Å². The molecule has 2 heterocycles. The van der Waals surface area contributed by atoms with Crippen LogP contribution in [0.3, 0.4) is 0 Å². The van der Waals surface area contributed by atoms with Gasteiger partial charge in [-0.05, 0) is 48.7 Å². The van der Waals surface area contributed by atoms with Crippen LogP contribution in [0.25, 0.3) is 16.6 Å². The van der Waals surface area contributed by atoms with E-state index in [1.54, 1.807) is 4.90 Å². The molecule has 0 amide bonds. The molecule has 0 radical (unpaired) electrons. The fourth-order valence-electron chi connectivity index (χ4n) is 3.20. The van der Waals surface area contributed by atoms with Crippen molar-refractivity contribution in [2.24, 2.45) is 0 Å². The first-order chi connectivity index (χ1) is 12.1. The Labute approximate surface area is 146 Å². The molecule has 0 saturated carbocycles. The van der Waals surface area contributed by atoms with Crippen LogP contribution in [0.4, 0.5) is 5.69 Å². The highest BCUT2D eigenvalue weighted by atomic mass is 16.3. The predicted octanol–water partition coefficient (Wildman–Crippen LogP) is 4.20. The van der Waals surface area contributed by atoms with E-state index in [-0.39, 0.29) is 18.1 Å². The molecule has 0 bridgehead atoms. The summed E-state index contributed by atoms with van der Waals surface area (Å²) in [6.07, 6.45) is 0.977. The van der Waals surface area contributed by atoms with Gasteiger partial charge >= 0.3 is 0 Å². The van der Waals surface area contributed by atoms with Crippen molar-refractivity contribution in [1.82, 2.24) is 9.97 Å². The van der Waals surface area contributed by atoms with Crippen molar-refractivity contribution in [2.75, 3.05) is 11.4 Å². The standard InChI is InChI=1S/C20H20N4O/c1-3-13-5-7-14(8-6-13)24-11-17(25)18(19(24)21)20-22-15-9-4-12(2)10-16(15)23-20/h4-10,21,25H,3,11H2,1-2H3,(H,22,23). The van der Waals surface area contributed by atoms with Crippen LogP contribution in [0.15, 0.2) is 48.2 Å². The molecule has 5 heteroatoms. The van der Waals surface area contributed by atoms with Gasteiger partial charge in [0.2, 0.25) is 0 Å². The lowest BCUT2D eigenvalue weighted by Gasteiger charge is -2.18. The maximum atomic E-state index is 10.5. The Balaban J connectivity index is 1.69. The van der Waals surface area contributed by atoms with Gasteiger partial charge in [0.1, 0.15) is 17.4 Å². The molecule has 0 fully saturated rings. The number of benzene rings is 2. The summed E-state index contributed by atoms with van der Waals surface area (Å²) >= 11 is 0. The van der Waals surface area contributed by atoms with Gasteiger partial charge in [0.15, 0.2) is 0 Å². The number of amidine groups is 1. The Hall–Kier alpha value is -3.08. The van der Waals surface area contributed by atoms with Gasteiger partial charge in [-0.15, -0.1) is 0 Å². The maximum absolute atomic E-state index is 10.5. The summed E-state index contributed by atoms with van der Waals surface area (Å²) in [5.74, 6) is 0.966. The first-order valence-electron chi connectivity index (χ1n) is 8.41. The summed E-state index contributed by atoms with van der Waals surface area (Å²) in [7, 11) is 0. The topological polar surface area (TPSA) is 76.0 Å². The minimum atomic E-state index is 0.167. The number of fused-ring (bicyclic) bond motifs is 1. The normalized spacial score (nSPS) is 14.8. The molecule has 3 N–H and O–H groups in total. The second-order valence-corrected chi connectivity index (χ2v) is 6.38. The summed E-state index contributed by atoms with van der Waals surface area (Å²) in [5.41, 5.74) is 5.50. The van der Waals surface area contributed by atoms with Crippen molar-refractivity contribution in [3.63, 3.8) is 0 Å². The summed E-state index contributed by atoms with van der Waals surface area (Å²) in [6, 6.07) is 14.1. The number of hydrogen-bond acceptors (Lipinski definition) is 3. The van der Waals surface area contributed by atoms with Gasteiger partial charge in [-0.2, -0.15) is 0 Å². The number of H-pyrrole nitrogens is 1. The smallest absolute Gasteiger partial charge is 0.145 e. The Morgan fingerprint density at radius 3 is 2.68 bits per heavy atom. The number of hydrogen-bond donors (Lipinski definition) is 3. The van der Waals surface area contributed by atoms with Crippen LogP contribution in [0.1, 0.15) is 23.9 Å². The third-order valence-electron chi connectivity index (χ3n) is 4.63. The molecule has 1 aliphatic rings. The van der Waals surface area contributed by atoms with Crippen LogP contribution in [-0.4, -0.2) is 27.5 Å². The van der Waals surface area contributed by atoms with Gasteiger partial charge in [0, 0.05) is 5.69 Å². The summed E-state index contributed by atoms with van der Waals surface area (Å²) in [5, 5.41) is 19.0. The molecule has 0 aliphatic carbocycles. The van der Waals surface area contributed by atoms with Crippen molar-refractivity contribution in [2.45, 2.75) is 20.3 Å². The lowest BCUT2D eigenvalue weighted by Crippen LogP contribution is -2.26. The number of anilines is 1. The number of aromatic nitrogens is 2. The third kappa shape index (κ3) is 2.58. The van der Waals surface area contributed by atoms with Crippen LogP contribution in [0.5, 0.6) is 0 Å². The van der Waals surface area contributed by atoms with Crippen LogP contribution in [0, 0.1) is 12.3 Å². The number of aromatic amines is 1. The van der Waals surface area contributed by atoms with E-state index in [1.165, 1.54) is 5.56 Å². The van der Waals surface area contributed by atoms with E-state index in [4.69, 9.17) is 5.41 Å². The van der Waals surface area contributed by atoms with E-state index < -0.39 is 0 Å². The minimum Gasteiger partial charge on any atom is -0.509 e. The van der Waals surface area contributed by atoms with Crippen molar-refractivity contribution in [3.05, 3.63) is 65.2 Å². The molecule has 1 aliphatic heterocycles. The number of aryl methyl sites for hydroxylation is 2. The summed E-state index contributed by atoms with van der Waals surface area (Å²) in [4.78, 5) is 9.58. The van der Waals surface area contributed by atoms with E-state index in [9.17, 15) is 5.11 Å². The molecule has 1 aromatic heterocycles. The quantitative estimate of drug-likeness (QED) is 0.673. The number of aliphatic hydroxyl groups excluding tert-OH is 1. The van der Waals surface area contributed by atoms with E-state index >= 15 is 0 Å². The lowest BCUT2D eigenvalue weighted by atomic mass is 10.1. The molecule has 2 aromatic carbocycles. The van der Waals surface area contributed by atoms with Gasteiger partial charge in [0.05, 0.1) is 23.2 Å². The van der Waals surface area contributed by atoms with Gasteiger partial charge < -0.3 is 15.0 Å². The van der Waals surface area contributed by atoms with Crippen LogP contribution < -0.4 is 4.90 Å². The second-order valence-electron chi connectivity index (χ2n) is 6.38. The second kappa shape index (κ2) is 5.77. The Bertz CT molecular complexity index is 998. The van der Waals surface area contributed by atoms with Gasteiger partial charge in [-0.3, -0.25) is 5.41 Å². The zero-order chi connectivity index (χ0) is 17.6. The number of nitrogens with one attached hydrogen (secondary N) is 2. The zero-order valence-electron chi connectivity index (χ0n) is 14.3. The van der Waals surface area contributed by atoms with Crippen molar-refractivity contribution in [1.29, 1.82) is 5.41 Å². The molecular formula is C20H20N4O. The number of imidazole rings is 1. The Morgan fingerprint density at radius 2 is 1.96 bits per heavy atom. The van der Waals surface area contributed by atoms with E-state index in [0.29, 0.717) is 11.4 Å². The van der Waals surface area contributed by atoms with Crippen molar-refractivity contribution < 1.29 is 5.11 Å². The molecular weight excluding hydrogens is 312 g/mol. The molecule has 126 valence electrons. The fraction of sp³-hybridized carbons (Fsp3) is 0.200. The highest BCUT2D eigenvalue weighted by molar-refractivity contribution is 6.30. The summed E-state index contributed by atoms with van der Waals surface area (Å²) < 4.78 is 0. The monoisotopic (exact) mass is 332 g/mol. The SMILES string of the molecule is CCc1ccc(N2CC(O)=C(c3nc4ccc(C)cc4[nH]3)C2=N)cc1. The maximum Gasteiger partial charge on any atom is 0.145 e. The number of nitrogens with zero attached hydrogens (tertiary/aromatic N) is 2. The lowest BCUT2D eigenvalue weighted by molar-refractivity contribution is 0.411. The van der Waals surface area contributed by atoms with Crippen LogP contribution in [-0.2, 0) is 6.42 Å². The predicted molar refractivity (Wildman–Crippen MR) is 101 cm³/mol. The molecule has 3 aromatic rings. The van der Waals surface area contributed by atoms with E-state index in [2.05, 4.69) is 29.0 Å². The molecule has 0 unspecified atom stereocenters. The van der Waals surface area contributed by atoms with Crippen LogP contribution in [0.2, 0.25) is 0 Å². The highest BCUT2D eigenvalue weighted by Gasteiger charge is 2.31. The van der Waals surface area contributed by atoms with E-state index in [1.807, 2.05) is 37.3 Å². The molecule has 0 atom stereocenters. The Kier molecular flexibility index (Phi) is 3.57. The van der Waals surface area contributed by atoms with Crippen LogP contribution >= 0.6 is 0 Å². The third-order valence-corrected chi connectivity index (χ3v) is 4.63. The molecule has 5 nitrogen and oxygen atoms in total. The van der Waals surface area contributed by atoms with Gasteiger partial charge in [-0.25, -0.2) is 4.98 Å². The molecule has 25 heavy (non-hydrogen) atoms. The first kappa shape index (κ1) is 15.4. The molecule has 0 spiro atoms. The highest BCUT2D eigenvalue weighted by Crippen LogP contribution is 2.31. The van der Waals surface area contributed by atoms with Crippen molar-refractivity contribution >= 4 is 28.1 Å². The first-order valence-corrected chi connectivity index (χ1v) is 8.41. The number of aliphatic hydroxyl groups is 1. The summed E-state index contributed by atoms with van der Waals surface area (Å²) in [6.45, 7) is 4.42. The average molecular weight is 332 g/mol. The average Bonchev–Trinajstić information content (AvgIpc) is 3.14. The number of rotatable bonds is 3.